The van der Waals surface area contributed by atoms with Gasteiger partial charge in [0, 0.05) is 17.5 Å². The van der Waals surface area contributed by atoms with Gasteiger partial charge in [0.05, 0.1) is 17.6 Å². The van der Waals surface area contributed by atoms with Crippen molar-refractivity contribution in [3.05, 3.63) is 65.5 Å². The van der Waals surface area contributed by atoms with E-state index < -0.39 is 6.04 Å². The molecule has 0 spiro atoms. The van der Waals surface area contributed by atoms with Gasteiger partial charge < -0.3 is 10.2 Å². The van der Waals surface area contributed by atoms with Crippen molar-refractivity contribution >= 4 is 23.6 Å². The Morgan fingerprint density at radius 3 is 2.75 bits per heavy atom. The lowest BCUT2D eigenvalue weighted by Crippen LogP contribution is -2.50. The number of aryl methyl sites for hydroxylation is 1. The first kappa shape index (κ1) is 20.4. The van der Waals surface area contributed by atoms with Crippen molar-refractivity contribution in [3.8, 4) is 0 Å². The fraction of sp³-hybridized carbons (Fsp3) is 0.409. The number of carbonyl (C=O) groups excluding carboxylic acids is 2. The molecule has 6 heteroatoms. The highest BCUT2D eigenvalue weighted by Crippen LogP contribution is 2.34. The summed E-state index contributed by atoms with van der Waals surface area (Å²) in [6.45, 7) is 6.62. The summed E-state index contributed by atoms with van der Waals surface area (Å²) in [5.74, 6) is 0.867. The van der Waals surface area contributed by atoms with Crippen LogP contribution in [0.25, 0.3) is 0 Å². The summed E-state index contributed by atoms with van der Waals surface area (Å²) in [5, 5.41) is 2.97. The number of benzene rings is 1. The monoisotopic (exact) mass is 397 g/mol. The average Bonchev–Trinajstić information content (AvgIpc) is 3.09. The molecule has 0 aliphatic carbocycles. The van der Waals surface area contributed by atoms with Crippen molar-refractivity contribution in [1.29, 1.82) is 0 Å². The minimum Gasteiger partial charge on any atom is -0.349 e. The van der Waals surface area contributed by atoms with Gasteiger partial charge in [0.1, 0.15) is 6.04 Å². The predicted octanol–water partition coefficient (Wildman–Crippen LogP) is 3.64. The van der Waals surface area contributed by atoms with Crippen LogP contribution in [-0.2, 0) is 11.3 Å². The lowest BCUT2D eigenvalue weighted by molar-refractivity contribution is -0.125. The largest absolute Gasteiger partial charge is 0.349 e. The van der Waals surface area contributed by atoms with Crippen molar-refractivity contribution in [1.82, 2.24) is 15.2 Å². The number of pyridine rings is 1. The fourth-order valence-corrected chi connectivity index (χ4v) is 4.99. The standard InChI is InChI=1S/C22H27N3O2S/c1-15(2)11-20-25(22(27)17-8-6-7-16(3)12-17)19(14-28-20)21(26)24-13-18-9-4-5-10-23-18/h4-10,12,15,19-20H,11,13-14H2,1-3H3,(H,24,26). The molecule has 2 amide bonds. The molecular weight excluding hydrogens is 370 g/mol. The highest BCUT2D eigenvalue weighted by Gasteiger charge is 2.41. The van der Waals surface area contributed by atoms with Gasteiger partial charge in [-0.1, -0.05) is 37.6 Å². The first-order chi connectivity index (χ1) is 13.5. The molecule has 1 fully saturated rings. The summed E-state index contributed by atoms with van der Waals surface area (Å²) in [7, 11) is 0. The maximum atomic E-state index is 13.3. The molecule has 3 rings (SSSR count). The number of nitrogens with zero attached hydrogens (tertiary/aromatic N) is 2. The molecule has 28 heavy (non-hydrogen) atoms. The molecule has 0 radical (unpaired) electrons. The molecule has 2 aromatic rings. The number of rotatable bonds is 6. The van der Waals surface area contributed by atoms with E-state index in [-0.39, 0.29) is 17.2 Å². The van der Waals surface area contributed by atoms with Crippen molar-refractivity contribution in [2.45, 2.75) is 45.2 Å². The van der Waals surface area contributed by atoms with E-state index in [1.54, 1.807) is 22.9 Å². The van der Waals surface area contributed by atoms with Crippen molar-refractivity contribution in [2.75, 3.05) is 5.75 Å². The Morgan fingerprint density at radius 1 is 1.25 bits per heavy atom. The summed E-state index contributed by atoms with van der Waals surface area (Å²) in [6.07, 6.45) is 2.57. The summed E-state index contributed by atoms with van der Waals surface area (Å²) in [4.78, 5) is 32.2. The second kappa shape index (κ2) is 9.24. The van der Waals surface area contributed by atoms with Gasteiger partial charge in [-0.2, -0.15) is 0 Å². The molecule has 1 aromatic carbocycles. The molecule has 5 nitrogen and oxygen atoms in total. The van der Waals surface area contributed by atoms with Gasteiger partial charge in [-0.05, 0) is 43.5 Å². The van der Waals surface area contributed by atoms with Crippen LogP contribution in [0.3, 0.4) is 0 Å². The number of hydrogen-bond donors (Lipinski definition) is 1. The summed E-state index contributed by atoms with van der Waals surface area (Å²) >= 11 is 1.69. The van der Waals surface area contributed by atoms with E-state index in [2.05, 4.69) is 24.1 Å². The minimum atomic E-state index is -0.467. The number of aromatic nitrogens is 1. The van der Waals surface area contributed by atoms with E-state index >= 15 is 0 Å². The molecular formula is C22H27N3O2S. The molecule has 1 aliphatic heterocycles. The van der Waals surface area contributed by atoms with Crippen LogP contribution in [0.5, 0.6) is 0 Å². The normalized spacial score (nSPS) is 19.1. The molecule has 148 valence electrons. The molecule has 1 saturated heterocycles. The first-order valence-electron chi connectivity index (χ1n) is 9.64. The van der Waals surface area contributed by atoms with E-state index in [1.807, 2.05) is 49.4 Å². The number of carbonyl (C=O) groups is 2. The summed E-state index contributed by atoms with van der Waals surface area (Å²) in [5.41, 5.74) is 2.48. The molecule has 2 heterocycles. The highest BCUT2D eigenvalue weighted by molar-refractivity contribution is 8.00. The Balaban J connectivity index is 1.78. The summed E-state index contributed by atoms with van der Waals surface area (Å²) < 4.78 is 0. The number of nitrogens with one attached hydrogen (secondary N) is 1. The Bertz CT molecular complexity index is 826. The second-order valence-corrected chi connectivity index (χ2v) is 8.76. The van der Waals surface area contributed by atoms with Gasteiger partial charge in [0.25, 0.3) is 5.91 Å². The van der Waals surface area contributed by atoms with Gasteiger partial charge in [-0.15, -0.1) is 11.8 Å². The van der Waals surface area contributed by atoms with E-state index in [0.29, 0.717) is 23.8 Å². The molecule has 2 unspecified atom stereocenters. The van der Waals surface area contributed by atoms with E-state index in [4.69, 9.17) is 0 Å². The quantitative estimate of drug-likeness (QED) is 0.808. The van der Waals surface area contributed by atoms with Gasteiger partial charge >= 0.3 is 0 Å². The third-order valence-electron chi connectivity index (χ3n) is 4.74. The maximum Gasteiger partial charge on any atom is 0.255 e. The zero-order valence-electron chi connectivity index (χ0n) is 16.6. The smallest absolute Gasteiger partial charge is 0.255 e. The van der Waals surface area contributed by atoms with Crippen molar-refractivity contribution in [2.24, 2.45) is 5.92 Å². The SMILES string of the molecule is Cc1cccc(C(=O)N2C(CC(C)C)SCC2C(=O)NCc2ccccn2)c1. The number of hydrogen-bond acceptors (Lipinski definition) is 4. The zero-order chi connectivity index (χ0) is 20.1. The fourth-order valence-electron chi connectivity index (χ4n) is 3.35. The molecule has 1 aromatic heterocycles. The van der Waals surface area contributed by atoms with Gasteiger partial charge in [-0.3, -0.25) is 14.6 Å². The topological polar surface area (TPSA) is 62.3 Å². The maximum absolute atomic E-state index is 13.3. The Kier molecular flexibility index (Phi) is 6.73. The van der Waals surface area contributed by atoms with Crippen LogP contribution in [0.15, 0.2) is 48.7 Å². The third kappa shape index (κ3) is 4.93. The Morgan fingerprint density at radius 2 is 2.07 bits per heavy atom. The molecule has 1 N–H and O–H groups in total. The van der Waals surface area contributed by atoms with E-state index in [0.717, 1.165) is 17.7 Å². The van der Waals surface area contributed by atoms with Crippen LogP contribution < -0.4 is 5.32 Å². The van der Waals surface area contributed by atoms with Crippen LogP contribution in [0, 0.1) is 12.8 Å². The third-order valence-corrected chi connectivity index (χ3v) is 6.05. The molecule has 2 atom stereocenters. The average molecular weight is 398 g/mol. The lowest BCUT2D eigenvalue weighted by Gasteiger charge is -2.30. The van der Waals surface area contributed by atoms with Crippen LogP contribution >= 0.6 is 11.8 Å². The number of amides is 2. The van der Waals surface area contributed by atoms with Gasteiger partial charge in [-0.25, -0.2) is 0 Å². The molecule has 0 saturated carbocycles. The molecule has 1 aliphatic rings. The first-order valence-corrected chi connectivity index (χ1v) is 10.7. The van der Waals surface area contributed by atoms with Crippen LogP contribution in [0.4, 0.5) is 0 Å². The van der Waals surface area contributed by atoms with Crippen molar-refractivity contribution in [3.63, 3.8) is 0 Å². The predicted molar refractivity (Wildman–Crippen MR) is 113 cm³/mol. The second-order valence-electron chi connectivity index (χ2n) is 7.55. The van der Waals surface area contributed by atoms with Crippen LogP contribution in [-0.4, -0.2) is 38.9 Å². The highest BCUT2D eigenvalue weighted by atomic mass is 32.2. The number of thioether (sulfide) groups is 1. The van der Waals surface area contributed by atoms with Crippen LogP contribution in [0.2, 0.25) is 0 Å². The zero-order valence-corrected chi connectivity index (χ0v) is 17.4. The summed E-state index contributed by atoms with van der Waals surface area (Å²) in [6, 6.07) is 12.7. The van der Waals surface area contributed by atoms with E-state index in [1.165, 1.54) is 0 Å². The van der Waals surface area contributed by atoms with E-state index in [9.17, 15) is 9.59 Å². The Labute approximate surface area is 170 Å². The minimum absolute atomic E-state index is 0.0126. The van der Waals surface area contributed by atoms with Gasteiger partial charge in [0.2, 0.25) is 5.91 Å². The van der Waals surface area contributed by atoms with Crippen molar-refractivity contribution < 1.29 is 9.59 Å². The van der Waals surface area contributed by atoms with Gasteiger partial charge in [0.15, 0.2) is 0 Å². The molecule has 0 bridgehead atoms. The lowest BCUT2D eigenvalue weighted by atomic mass is 10.1. The Hall–Kier alpha value is -2.34. The van der Waals surface area contributed by atoms with Crippen LogP contribution in [0.1, 0.15) is 41.9 Å².